The first-order chi connectivity index (χ1) is 9.65. The number of benzene rings is 1. The molecule has 2 heterocycles. The molecule has 104 valence electrons. The van der Waals surface area contributed by atoms with Gasteiger partial charge in [0.2, 0.25) is 0 Å². The maximum atomic E-state index is 12.0. The minimum absolute atomic E-state index is 0.156. The number of rotatable bonds is 3. The van der Waals surface area contributed by atoms with E-state index in [0.717, 1.165) is 22.2 Å². The zero-order valence-electron chi connectivity index (χ0n) is 10.4. The first-order valence-electron chi connectivity index (χ1n) is 6.10. The van der Waals surface area contributed by atoms with Crippen molar-refractivity contribution >= 4 is 44.8 Å². The Morgan fingerprint density at radius 2 is 2.35 bits per heavy atom. The molecule has 0 saturated heterocycles. The lowest BCUT2D eigenvalue weighted by molar-refractivity contribution is 0.0955. The molecular weight excluding hydrogens is 362 g/mol. The second kappa shape index (κ2) is 5.76. The molecule has 3 nitrogen and oxygen atoms in total. The standard InChI is InChI=1S/C14H11BrClNO2S/c15-10-5-8-1-3-19-12(8)9(6-10)7-17-14(18)13-11(16)2-4-20-13/h2,4-6H,1,3,7H2,(H,17,18). The fourth-order valence-corrected chi connectivity index (χ4v) is 3.80. The average molecular weight is 373 g/mol. The molecule has 0 saturated carbocycles. The van der Waals surface area contributed by atoms with Crippen LogP contribution in [0.1, 0.15) is 20.8 Å². The van der Waals surface area contributed by atoms with Gasteiger partial charge < -0.3 is 10.1 Å². The van der Waals surface area contributed by atoms with E-state index in [4.69, 9.17) is 16.3 Å². The Morgan fingerprint density at radius 3 is 3.10 bits per heavy atom. The number of ether oxygens (including phenoxy) is 1. The molecule has 0 atom stereocenters. The van der Waals surface area contributed by atoms with Gasteiger partial charge in [-0.05, 0) is 29.1 Å². The molecule has 20 heavy (non-hydrogen) atoms. The number of nitrogens with one attached hydrogen (secondary N) is 1. The molecule has 0 fully saturated rings. The van der Waals surface area contributed by atoms with Crippen molar-refractivity contribution in [2.24, 2.45) is 0 Å². The predicted molar refractivity (Wildman–Crippen MR) is 83.8 cm³/mol. The van der Waals surface area contributed by atoms with Crippen LogP contribution in [0, 0.1) is 0 Å². The lowest BCUT2D eigenvalue weighted by Crippen LogP contribution is -2.22. The maximum absolute atomic E-state index is 12.0. The molecule has 0 bridgehead atoms. The van der Waals surface area contributed by atoms with E-state index in [0.29, 0.717) is 23.1 Å². The number of hydrogen-bond donors (Lipinski definition) is 1. The van der Waals surface area contributed by atoms with Gasteiger partial charge in [0.25, 0.3) is 5.91 Å². The number of amides is 1. The molecule has 2 aromatic rings. The fourth-order valence-electron chi connectivity index (χ4n) is 2.19. The van der Waals surface area contributed by atoms with Crippen molar-refractivity contribution in [2.45, 2.75) is 13.0 Å². The van der Waals surface area contributed by atoms with E-state index < -0.39 is 0 Å². The van der Waals surface area contributed by atoms with Crippen molar-refractivity contribution in [3.63, 3.8) is 0 Å². The summed E-state index contributed by atoms with van der Waals surface area (Å²) >= 11 is 10.8. The molecule has 6 heteroatoms. The molecule has 1 aliphatic rings. The average Bonchev–Trinajstić information content (AvgIpc) is 3.03. The van der Waals surface area contributed by atoms with Crippen LogP contribution in [0.4, 0.5) is 0 Å². The molecule has 0 radical (unpaired) electrons. The van der Waals surface area contributed by atoms with E-state index in [1.54, 1.807) is 11.4 Å². The molecule has 1 aromatic carbocycles. The quantitative estimate of drug-likeness (QED) is 0.883. The summed E-state index contributed by atoms with van der Waals surface area (Å²) < 4.78 is 6.64. The molecule has 1 N–H and O–H groups in total. The number of carbonyl (C=O) groups excluding carboxylic acids is 1. The van der Waals surface area contributed by atoms with Crippen LogP contribution < -0.4 is 10.1 Å². The first kappa shape index (κ1) is 13.9. The maximum Gasteiger partial charge on any atom is 0.263 e. The Hall–Kier alpha value is -1.04. The van der Waals surface area contributed by atoms with E-state index in [1.807, 2.05) is 6.07 Å². The normalized spacial score (nSPS) is 12.9. The Kier molecular flexibility index (Phi) is 4.01. The van der Waals surface area contributed by atoms with Gasteiger partial charge in [-0.1, -0.05) is 27.5 Å². The number of hydrogen-bond acceptors (Lipinski definition) is 3. The summed E-state index contributed by atoms with van der Waals surface area (Å²) in [5.41, 5.74) is 2.16. The summed E-state index contributed by atoms with van der Waals surface area (Å²) in [5.74, 6) is 0.738. The van der Waals surface area contributed by atoms with E-state index in [1.165, 1.54) is 16.9 Å². The van der Waals surface area contributed by atoms with E-state index >= 15 is 0 Å². The van der Waals surface area contributed by atoms with E-state index in [9.17, 15) is 4.79 Å². The van der Waals surface area contributed by atoms with Gasteiger partial charge >= 0.3 is 0 Å². The van der Waals surface area contributed by atoms with Crippen LogP contribution >= 0.6 is 38.9 Å². The van der Waals surface area contributed by atoms with Crippen molar-refractivity contribution < 1.29 is 9.53 Å². The highest BCUT2D eigenvalue weighted by atomic mass is 79.9. The highest BCUT2D eigenvalue weighted by Crippen LogP contribution is 2.33. The third-order valence-electron chi connectivity index (χ3n) is 3.09. The minimum Gasteiger partial charge on any atom is -0.493 e. The minimum atomic E-state index is -0.156. The summed E-state index contributed by atoms with van der Waals surface area (Å²) in [5, 5.41) is 5.18. The highest BCUT2D eigenvalue weighted by molar-refractivity contribution is 9.10. The van der Waals surface area contributed by atoms with Crippen LogP contribution in [-0.4, -0.2) is 12.5 Å². The topological polar surface area (TPSA) is 38.3 Å². The summed E-state index contributed by atoms with van der Waals surface area (Å²) in [6.07, 6.45) is 0.909. The van der Waals surface area contributed by atoms with Crippen molar-refractivity contribution in [1.29, 1.82) is 0 Å². The predicted octanol–water partition coefficient (Wildman–Crippen LogP) is 4.03. The zero-order valence-corrected chi connectivity index (χ0v) is 13.6. The monoisotopic (exact) mass is 371 g/mol. The number of fused-ring (bicyclic) bond motifs is 1. The molecule has 0 unspecified atom stereocenters. The van der Waals surface area contributed by atoms with Crippen LogP contribution in [0.5, 0.6) is 5.75 Å². The van der Waals surface area contributed by atoms with Crippen LogP contribution in [0.3, 0.4) is 0 Å². The Bertz CT molecular complexity index is 671. The number of halogens is 2. The molecule has 1 aliphatic heterocycles. The van der Waals surface area contributed by atoms with Gasteiger partial charge in [0.15, 0.2) is 0 Å². The Balaban J connectivity index is 1.76. The first-order valence-corrected chi connectivity index (χ1v) is 8.15. The van der Waals surface area contributed by atoms with Gasteiger partial charge in [0, 0.05) is 23.0 Å². The Labute approximate surface area is 134 Å². The van der Waals surface area contributed by atoms with Crippen LogP contribution in [-0.2, 0) is 13.0 Å². The molecule has 1 amide bonds. The largest absolute Gasteiger partial charge is 0.493 e. The summed E-state index contributed by atoms with van der Waals surface area (Å²) in [7, 11) is 0. The van der Waals surface area contributed by atoms with Crippen LogP contribution in [0.2, 0.25) is 5.02 Å². The van der Waals surface area contributed by atoms with Gasteiger partial charge in [-0.15, -0.1) is 11.3 Å². The fraction of sp³-hybridized carbons (Fsp3) is 0.214. The van der Waals surface area contributed by atoms with E-state index in [2.05, 4.69) is 27.3 Å². The van der Waals surface area contributed by atoms with Gasteiger partial charge in [-0.25, -0.2) is 0 Å². The van der Waals surface area contributed by atoms with Crippen molar-refractivity contribution in [1.82, 2.24) is 5.32 Å². The van der Waals surface area contributed by atoms with Gasteiger partial charge in [0.1, 0.15) is 10.6 Å². The zero-order chi connectivity index (χ0) is 14.1. The van der Waals surface area contributed by atoms with Gasteiger partial charge in [-0.2, -0.15) is 0 Å². The number of carbonyl (C=O) groups is 1. The molecule has 0 aliphatic carbocycles. The number of thiophene rings is 1. The second-order valence-electron chi connectivity index (χ2n) is 4.43. The molecule has 1 aromatic heterocycles. The van der Waals surface area contributed by atoms with Crippen molar-refractivity contribution in [3.8, 4) is 5.75 Å². The third-order valence-corrected chi connectivity index (χ3v) is 4.89. The van der Waals surface area contributed by atoms with Crippen LogP contribution in [0.15, 0.2) is 28.1 Å². The molecular formula is C14H11BrClNO2S. The highest BCUT2D eigenvalue weighted by Gasteiger charge is 2.18. The molecule has 3 rings (SSSR count). The second-order valence-corrected chi connectivity index (χ2v) is 6.67. The van der Waals surface area contributed by atoms with Crippen LogP contribution in [0.25, 0.3) is 0 Å². The summed E-state index contributed by atoms with van der Waals surface area (Å²) in [6.45, 7) is 1.12. The Morgan fingerprint density at radius 1 is 1.50 bits per heavy atom. The lowest BCUT2D eigenvalue weighted by atomic mass is 10.1. The SMILES string of the molecule is O=C(NCc1cc(Br)cc2c1OCC2)c1sccc1Cl. The third kappa shape index (κ3) is 2.71. The lowest BCUT2D eigenvalue weighted by Gasteiger charge is -2.10. The van der Waals surface area contributed by atoms with Gasteiger partial charge in [-0.3, -0.25) is 4.79 Å². The molecule has 0 spiro atoms. The van der Waals surface area contributed by atoms with Crippen molar-refractivity contribution in [3.05, 3.63) is 49.1 Å². The van der Waals surface area contributed by atoms with Crippen molar-refractivity contribution in [2.75, 3.05) is 6.61 Å². The summed E-state index contributed by atoms with van der Waals surface area (Å²) in [6, 6.07) is 5.76. The van der Waals surface area contributed by atoms with E-state index in [-0.39, 0.29) is 5.91 Å². The summed E-state index contributed by atoms with van der Waals surface area (Å²) in [4.78, 5) is 12.6. The smallest absolute Gasteiger partial charge is 0.263 e. The van der Waals surface area contributed by atoms with Gasteiger partial charge in [0.05, 0.1) is 11.6 Å².